The number of cyclic esters (lactones) is 1. The van der Waals surface area contributed by atoms with Gasteiger partial charge in [0, 0.05) is 17.0 Å². The number of benzene rings is 1. The summed E-state index contributed by atoms with van der Waals surface area (Å²) in [6.45, 7) is 4.25. The average molecular weight is 520 g/mol. The van der Waals surface area contributed by atoms with Crippen molar-refractivity contribution in [3.63, 3.8) is 0 Å². The fourth-order valence-corrected chi connectivity index (χ4v) is 6.30. The molecule has 4 heterocycles. The first kappa shape index (κ1) is 24.7. The Balaban J connectivity index is 0.000000285. The van der Waals surface area contributed by atoms with Crippen LogP contribution in [0.1, 0.15) is 78.3 Å². The Labute approximate surface area is 218 Å². The van der Waals surface area contributed by atoms with Crippen LogP contribution < -0.4 is 11.3 Å². The molecule has 3 aromatic rings. The van der Waals surface area contributed by atoms with Gasteiger partial charge in [-0.15, -0.1) is 0 Å². The van der Waals surface area contributed by atoms with Crippen LogP contribution in [0.5, 0.6) is 0 Å². The first-order valence-electron chi connectivity index (χ1n) is 13.2. The monoisotopic (exact) mass is 519 g/mol. The number of ether oxygens (including phenoxy) is 1. The van der Waals surface area contributed by atoms with E-state index in [0.717, 1.165) is 59.1 Å². The molecular formula is C29H30FN3O5. The zero-order valence-corrected chi connectivity index (χ0v) is 21.5. The number of halogens is 1. The Morgan fingerprint density at radius 3 is 2.55 bits per heavy atom. The van der Waals surface area contributed by atoms with Gasteiger partial charge in [0.15, 0.2) is 0 Å². The van der Waals surface area contributed by atoms with Gasteiger partial charge in [0.05, 0.1) is 34.9 Å². The largest absolute Gasteiger partial charge is 0.460 e. The summed E-state index contributed by atoms with van der Waals surface area (Å²) in [5.74, 6) is -1.52. The highest BCUT2D eigenvalue weighted by atomic mass is 19.1. The van der Waals surface area contributed by atoms with Crippen LogP contribution in [0.2, 0.25) is 0 Å². The fourth-order valence-electron chi connectivity index (χ4n) is 6.30. The number of carbonyl (C=O) groups is 2. The standard InChI is InChI=1S/C24H21FN2O3.C5H9NO2/c1-3-12-15-7-20-22-16(9-27(20)23(28)17(15)10-30-24(12)29)14-6-4-5-13-11(2)18(25)8-19(26-22)21(13)14;6-4(7)5(8)2-1-3-5/h7-8,12H,3-6,9-10H2,1-2H3;8H,1-3H2,(H2,6,7). The van der Waals surface area contributed by atoms with E-state index in [4.69, 9.17) is 20.6 Å². The molecule has 1 atom stereocenters. The molecule has 1 fully saturated rings. The number of primary amides is 1. The van der Waals surface area contributed by atoms with Crippen LogP contribution in [0.3, 0.4) is 0 Å². The number of esters is 1. The molecule has 2 aromatic heterocycles. The SMILES string of the molecule is CCC1C(=O)OCc2c1cc1n(c2=O)Cc2c-1nc1cc(F)c(C)c3c1c2CCC3.NC(=O)C1(O)CCC1. The second-order valence-corrected chi connectivity index (χ2v) is 10.8. The molecule has 2 aliphatic heterocycles. The van der Waals surface area contributed by atoms with E-state index in [9.17, 15) is 18.8 Å². The van der Waals surface area contributed by atoms with E-state index in [0.29, 0.717) is 42.5 Å². The number of hydrogen-bond acceptors (Lipinski definition) is 6. The molecule has 1 amide bonds. The van der Waals surface area contributed by atoms with Crippen LogP contribution in [0.4, 0.5) is 4.39 Å². The highest BCUT2D eigenvalue weighted by Gasteiger charge is 2.40. The van der Waals surface area contributed by atoms with Gasteiger partial charge in [-0.05, 0) is 80.2 Å². The predicted molar refractivity (Wildman–Crippen MR) is 138 cm³/mol. The molecule has 198 valence electrons. The molecule has 3 N–H and O–H groups in total. The minimum atomic E-state index is -1.14. The molecule has 1 aromatic carbocycles. The lowest BCUT2D eigenvalue weighted by atomic mass is 9.80. The third-order valence-corrected chi connectivity index (χ3v) is 8.73. The van der Waals surface area contributed by atoms with Gasteiger partial charge >= 0.3 is 5.97 Å². The molecule has 8 nitrogen and oxygen atoms in total. The number of aryl methyl sites for hydroxylation is 2. The van der Waals surface area contributed by atoms with Crippen LogP contribution in [-0.4, -0.2) is 32.1 Å². The number of aliphatic hydroxyl groups is 1. The number of carbonyl (C=O) groups excluding carboxylic acids is 2. The molecule has 4 aliphatic rings. The van der Waals surface area contributed by atoms with Gasteiger partial charge < -0.3 is 20.1 Å². The third-order valence-electron chi connectivity index (χ3n) is 8.73. The minimum absolute atomic E-state index is 0.0247. The van der Waals surface area contributed by atoms with Crippen LogP contribution >= 0.6 is 0 Å². The third kappa shape index (κ3) is 3.51. The minimum Gasteiger partial charge on any atom is -0.460 e. The zero-order chi connectivity index (χ0) is 26.9. The molecular weight excluding hydrogens is 489 g/mol. The molecule has 7 rings (SSSR count). The van der Waals surface area contributed by atoms with E-state index in [2.05, 4.69) is 0 Å². The highest BCUT2D eigenvalue weighted by molar-refractivity contribution is 5.92. The number of rotatable bonds is 2. The van der Waals surface area contributed by atoms with E-state index < -0.39 is 17.4 Å². The summed E-state index contributed by atoms with van der Waals surface area (Å²) in [6, 6.07) is 3.46. The van der Waals surface area contributed by atoms with E-state index in [1.165, 1.54) is 11.6 Å². The normalized spacial score (nSPS) is 19.9. The molecule has 1 saturated carbocycles. The van der Waals surface area contributed by atoms with Crippen molar-refractivity contribution in [3.05, 3.63) is 61.7 Å². The van der Waals surface area contributed by atoms with Crippen LogP contribution in [0.15, 0.2) is 16.9 Å². The smallest absolute Gasteiger partial charge is 0.313 e. The van der Waals surface area contributed by atoms with Gasteiger partial charge in [0.2, 0.25) is 5.91 Å². The molecule has 1 unspecified atom stereocenters. The summed E-state index contributed by atoms with van der Waals surface area (Å²) < 4.78 is 21.6. The van der Waals surface area contributed by atoms with Gasteiger partial charge in [-0.2, -0.15) is 0 Å². The Morgan fingerprint density at radius 1 is 1.18 bits per heavy atom. The van der Waals surface area contributed by atoms with E-state index in [-0.39, 0.29) is 24.0 Å². The quantitative estimate of drug-likeness (QED) is 0.392. The summed E-state index contributed by atoms with van der Waals surface area (Å²) >= 11 is 0. The Kier molecular flexibility index (Phi) is 5.68. The van der Waals surface area contributed by atoms with Crippen LogP contribution in [0.25, 0.3) is 22.3 Å². The lowest BCUT2D eigenvalue weighted by Crippen LogP contribution is -2.49. The molecule has 38 heavy (non-hydrogen) atoms. The molecule has 9 heteroatoms. The maximum absolute atomic E-state index is 14.6. The van der Waals surface area contributed by atoms with Gasteiger partial charge in [0.25, 0.3) is 5.56 Å². The maximum Gasteiger partial charge on any atom is 0.313 e. The van der Waals surface area contributed by atoms with Crippen LogP contribution in [-0.2, 0) is 40.3 Å². The Hall–Kier alpha value is -3.59. The summed E-state index contributed by atoms with van der Waals surface area (Å²) in [5, 5.41) is 10.1. The number of pyridine rings is 2. The van der Waals surface area contributed by atoms with Crippen molar-refractivity contribution in [1.29, 1.82) is 0 Å². The Bertz CT molecular complexity index is 1600. The lowest BCUT2D eigenvalue weighted by Gasteiger charge is -2.32. The van der Waals surface area contributed by atoms with Gasteiger partial charge in [-0.1, -0.05) is 6.92 Å². The van der Waals surface area contributed by atoms with Crippen LogP contribution in [0, 0.1) is 12.7 Å². The predicted octanol–water partition coefficient (Wildman–Crippen LogP) is 3.30. The second kappa shape index (κ2) is 8.73. The first-order valence-corrected chi connectivity index (χ1v) is 13.2. The molecule has 2 aliphatic carbocycles. The van der Waals surface area contributed by atoms with Crippen molar-refractivity contribution >= 4 is 22.8 Å². The topological polar surface area (TPSA) is 125 Å². The zero-order valence-electron chi connectivity index (χ0n) is 21.5. The van der Waals surface area contributed by atoms with Crippen molar-refractivity contribution in [2.45, 2.75) is 83.5 Å². The molecule has 0 saturated heterocycles. The number of fused-ring (bicyclic) bond motifs is 5. The van der Waals surface area contributed by atoms with E-state index in [1.807, 2.05) is 19.9 Å². The molecule has 0 radical (unpaired) electrons. The van der Waals surface area contributed by atoms with E-state index in [1.54, 1.807) is 4.57 Å². The van der Waals surface area contributed by atoms with Crippen molar-refractivity contribution in [3.8, 4) is 11.4 Å². The van der Waals surface area contributed by atoms with Gasteiger partial charge in [-0.25, -0.2) is 9.37 Å². The molecule has 0 spiro atoms. The summed E-state index contributed by atoms with van der Waals surface area (Å²) in [6.07, 6.45) is 5.30. The number of nitrogens with two attached hydrogens (primary N) is 1. The lowest BCUT2D eigenvalue weighted by molar-refractivity contribution is -0.148. The van der Waals surface area contributed by atoms with Crippen molar-refractivity contribution in [2.24, 2.45) is 5.73 Å². The van der Waals surface area contributed by atoms with Crippen molar-refractivity contribution in [1.82, 2.24) is 9.55 Å². The average Bonchev–Trinajstić information content (AvgIpc) is 3.25. The Morgan fingerprint density at radius 2 is 1.92 bits per heavy atom. The number of nitrogens with zero attached hydrogens (tertiary/aromatic N) is 2. The van der Waals surface area contributed by atoms with Crippen molar-refractivity contribution in [2.75, 3.05) is 0 Å². The number of aromatic nitrogens is 2. The highest BCUT2D eigenvalue weighted by Crippen LogP contribution is 2.42. The second-order valence-electron chi connectivity index (χ2n) is 10.8. The first-order chi connectivity index (χ1) is 18.1. The maximum atomic E-state index is 14.6. The molecule has 0 bridgehead atoms. The van der Waals surface area contributed by atoms with Gasteiger partial charge in [0.1, 0.15) is 18.0 Å². The number of amides is 1. The van der Waals surface area contributed by atoms with E-state index >= 15 is 0 Å². The summed E-state index contributed by atoms with van der Waals surface area (Å²) in [4.78, 5) is 40.7. The number of hydrogen-bond donors (Lipinski definition) is 2. The van der Waals surface area contributed by atoms with Crippen molar-refractivity contribution < 1.29 is 23.8 Å². The fraction of sp³-hybridized carbons (Fsp3) is 0.448. The van der Waals surface area contributed by atoms with Gasteiger partial charge in [-0.3, -0.25) is 14.4 Å². The summed E-state index contributed by atoms with van der Waals surface area (Å²) in [5.41, 5.74) is 11.1. The summed E-state index contributed by atoms with van der Waals surface area (Å²) in [7, 11) is 0.